The van der Waals surface area contributed by atoms with Gasteiger partial charge >= 0.3 is 0 Å². The van der Waals surface area contributed by atoms with Crippen LogP contribution in [0.1, 0.15) is 18.4 Å². The maximum Gasteiger partial charge on any atom is 0.227 e. The van der Waals surface area contributed by atoms with Crippen molar-refractivity contribution in [3.05, 3.63) is 59.1 Å². The van der Waals surface area contributed by atoms with Gasteiger partial charge in [-0.15, -0.1) is 0 Å². The predicted octanol–water partition coefficient (Wildman–Crippen LogP) is 3.91. The zero-order chi connectivity index (χ0) is 20.9. The van der Waals surface area contributed by atoms with Gasteiger partial charge in [0.1, 0.15) is 5.75 Å². The summed E-state index contributed by atoms with van der Waals surface area (Å²) in [6.07, 6.45) is 2.07. The number of methoxy groups -OCH3 is 1. The quantitative estimate of drug-likeness (QED) is 0.724. The van der Waals surface area contributed by atoms with E-state index in [0.717, 1.165) is 69.4 Å². The summed E-state index contributed by atoms with van der Waals surface area (Å²) in [7, 11) is 1.68. The molecule has 6 heteroatoms. The standard InChI is InChI=1S/C24H30ClN3O2/c1-30-23-10-8-22(9-11-23)27-13-15-28(16-14-27)24(29)20-3-2-12-26(18-20)17-19-4-6-21(25)7-5-19/h4-11,20H,2-3,12-18H2,1H3/t20-/m1/s1. The van der Waals surface area contributed by atoms with Crippen molar-refractivity contribution in [1.82, 2.24) is 9.80 Å². The van der Waals surface area contributed by atoms with Gasteiger partial charge in [0.25, 0.3) is 0 Å². The molecule has 2 aromatic rings. The number of hydrogen-bond acceptors (Lipinski definition) is 4. The van der Waals surface area contributed by atoms with Crippen LogP contribution in [-0.2, 0) is 11.3 Å². The molecule has 2 saturated heterocycles. The van der Waals surface area contributed by atoms with Crippen LogP contribution in [-0.4, -0.2) is 62.1 Å². The van der Waals surface area contributed by atoms with Crippen LogP contribution in [0.25, 0.3) is 0 Å². The van der Waals surface area contributed by atoms with Crippen molar-refractivity contribution < 1.29 is 9.53 Å². The molecule has 0 N–H and O–H groups in total. The molecule has 30 heavy (non-hydrogen) atoms. The first-order valence-electron chi connectivity index (χ1n) is 10.8. The zero-order valence-electron chi connectivity index (χ0n) is 17.6. The minimum Gasteiger partial charge on any atom is -0.497 e. The third-order valence-corrected chi connectivity index (χ3v) is 6.46. The lowest BCUT2D eigenvalue weighted by molar-refractivity contribution is -0.137. The van der Waals surface area contributed by atoms with E-state index in [1.54, 1.807) is 7.11 Å². The van der Waals surface area contributed by atoms with E-state index >= 15 is 0 Å². The fourth-order valence-corrected chi connectivity index (χ4v) is 4.61. The van der Waals surface area contributed by atoms with Crippen LogP contribution in [0.15, 0.2) is 48.5 Å². The van der Waals surface area contributed by atoms with E-state index in [4.69, 9.17) is 16.3 Å². The Kier molecular flexibility index (Phi) is 6.80. The molecule has 5 nitrogen and oxygen atoms in total. The van der Waals surface area contributed by atoms with Crippen molar-refractivity contribution in [3.63, 3.8) is 0 Å². The Morgan fingerprint density at radius 1 is 1.00 bits per heavy atom. The van der Waals surface area contributed by atoms with E-state index in [9.17, 15) is 4.79 Å². The van der Waals surface area contributed by atoms with Crippen molar-refractivity contribution in [3.8, 4) is 5.75 Å². The molecule has 0 aliphatic carbocycles. The number of carbonyl (C=O) groups is 1. The predicted molar refractivity (Wildman–Crippen MR) is 121 cm³/mol. The third-order valence-electron chi connectivity index (χ3n) is 6.20. The fraction of sp³-hybridized carbons (Fsp3) is 0.458. The van der Waals surface area contributed by atoms with Crippen LogP contribution in [0.4, 0.5) is 5.69 Å². The summed E-state index contributed by atoms with van der Waals surface area (Å²) in [5, 5.41) is 0.763. The normalized spacial score (nSPS) is 20.3. The molecule has 2 aromatic carbocycles. The fourth-order valence-electron chi connectivity index (χ4n) is 4.49. The SMILES string of the molecule is COc1ccc(N2CCN(C(=O)[C@@H]3CCCN(Cc4ccc(Cl)cc4)C3)CC2)cc1. The molecule has 0 aromatic heterocycles. The van der Waals surface area contributed by atoms with Gasteiger partial charge in [-0.05, 0) is 61.3 Å². The average molecular weight is 428 g/mol. The molecule has 2 heterocycles. The number of piperidine rings is 1. The molecule has 2 aliphatic rings. The van der Waals surface area contributed by atoms with Gasteiger partial charge < -0.3 is 14.5 Å². The molecule has 1 amide bonds. The number of amides is 1. The van der Waals surface area contributed by atoms with Gasteiger partial charge in [-0.3, -0.25) is 9.69 Å². The lowest BCUT2D eigenvalue weighted by atomic mass is 9.95. The summed E-state index contributed by atoms with van der Waals surface area (Å²) < 4.78 is 5.24. The number of ether oxygens (including phenoxy) is 1. The maximum absolute atomic E-state index is 13.2. The van der Waals surface area contributed by atoms with Crippen molar-refractivity contribution in [2.24, 2.45) is 5.92 Å². The number of nitrogens with zero attached hydrogens (tertiary/aromatic N) is 3. The van der Waals surface area contributed by atoms with Crippen molar-refractivity contribution in [2.45, 2.75) is 19.4 Å². The highest BCUT2D eigenvalue weighted by Gasteiger charge is 2.31. The second-order valence-corrected chi connectivity index (χ2v) is 8.65. The van der Waals surface area contributed by atoms with Crippen molar-refractivity contribution >= 4 is 23.2 Å². The Morgan fingerprint density at radius 3 is 2.37 bits per heavy atom. The highest BCUT2D eigenvalue weighted by atomic mass is 35.5. The summed E-state index contributed by atoms with van der Waals surface area (Å²) in [4.78, 5) is 20.0. The van der Waals surface area contributed by atoms with Gasteiger partial charge in [-0.25, -0.2) is 0 Å². The van der Waals surface area contributed by atoms with Crippen LogP contribution in [0.2, 0.25) is 5.02 Å². The number of benzene rings is 2. The zero-order valence-corrected chi connectivity index (χ0v) is 18.4. The van der Waals surface area contributed by atoms with Crippen LogP contribution in [0.5, 0.6) is 5.75 Å². The molecule has 4 rings (SSSR count). The lowest BCUT2D eigenvalue weighted by Crippen LogP contribution is -2.52. The van der Waals surface area contributed by atoms with Crippen LogP contribution >= 0.6 is 11.6 Å². The number of anilines is 1. The van der Waals surface area contributed by atoms with Gasteiger partial charge in [-0.1, -0.05) is 23.7 Å². The minimum absolute atomic E-state index is 0.110. The number of likely N-dealkylation sites (tertiary alicyclic amines) is 1. The third kappa shape index (κ3) is 5.08. The molecule has 1 atom stereocenters. The van der Waals surface area contributed by atoms with Crippen LogP contribution < -0.4 is 9.64 Å². The average Bonchev–Trinajstić information content (AvgIpc) is 2.80. The van der Waals surface area contributed by atoms with Crippen molar-refractivity contribution in [2.75, 3.05) is 51.3 Å². The van der Waals surface area contributed by atoms with Gasteiger partial charge in [0.05, 0.1) is 13.0 Å². The summed E-state index contributed by atoms with van der Waals surface area (Å²) in [5.41, 5.74) is 2.44. The second kappa shape index (κ2) is 9.71. The molecular weight excluding hydrogens is 398 g/mol. The summed E-state index contributed by atoms with van der Waals surface area (Å²) in [5.74, 6) is 1.30. The Morgan fingerprint density at radius 2 is 1.70 bits per heavy atom. The Labute approximate surface area is 184 Å². The number of halogens is 1. The van der Waals surface area contributed by atoms with E-state index in [0.29, 0.717) is 5.91 Å². The summed E-state index contributed by atoms with van der Waals surface area (Å²) in [6, 6.07) is 16.2. The van der Waals surface area contributed by atoms with Gasteiger partial charge in [0.2, 0.25) is 5.91 Å². The smallest absolute Gasteiger partial charge is 0.227 e. The van der Waals surface area contributed by atoms with Crippen LogP contribution in [0, 0.1) is 5.92 Å². The van der Waals surface area contributed by atoms with Crippen LogP contribution in [0.3, 0.4) is 0 Å². The second-order valence-electron chi connectivity index (χ2n) is 8.21. The largest absolute Gasteiger partial charge is 0.497 e. The van der Waals surface area contributed by atoms with Gasteiger partial charge in [0, 0.05) is 50.0 Å². The van der Waals surface area contributed by atoms with Gasteiger partial charge in [-0.2, -0.15) is 0 Å². The Bertz CT molecular complexity index is 833. The number of hydrogen-bond donors (Lipinski definition) is 0. The molecule has 0 unspecified atom stereocenters. The summed E-state index contributed by atoms with van der Waals surface area (Å²) >= 11 is 6.00. The summed E-state index contributed by atoms with van der Waals surface area (Å²) in [6.45, 7) is 6.11. The first kappa shape index (κ1) is 21.0. The van der Waals surface area contributed by atoms with Gasteiger partial charge in [0.15, 0.2) is 0 Å². The van der Waals surface area contributed by atoms with E-state index in [-0.39, 0.29) is 5.92 Å². The molecule has 0 saturated carbocycles. The first-order valence-corrected chi connectivity index (χ1v) is 11.1. The highest BCUT2D eigenvalue weighted by molar-refractivity contribution is 6.30. The van der Waals surface area contributed by atoms with Crippen molar-refractivity contribution in [1.29, 1.82) is 0 Å². The Balaban J connectivity index is 1.29. The monoisotopic (exact) mass is 427 g/mol. The van der Waals surface area contributed by atoms with E-state index in [1.165, 1.54) is 11.3 Å². The molecule has 2 fully saturated rings. The van der Waals surface area contributed by atoms with E-state index < -0.39 is 0 Å². The van der Waals surface area contributed by atoms with E-state index in [2.05, 4.69) is 39.0 Å². The Hall–Kier alpha value is -2.24. The topological polar surface area (TPSA) is 36.0 Å². The minimum atomic E-state index is 0.110. The molecule has 0 radical (unpaired) electrons. The molecule has 0 spiro atoms. The number of piperazine rings is 1. The number of carbonyl (C=O) groups excluding carboxylic acids is 1. The highest BCUT2D eigenvalue weighted by Crippen LogP contribution is 2.24. The van der Waals surface area contributed by atoms with E-state index in [1.807, 2.05) is 24.3 Å². The lowest BCUT2D eigenvalue weighted by Gasteiger charge is -2.39. The first-order chi connectivity index (χ1) is 14.6. The maximum atomic E-state index is 13.2. The molecule has 160 valence electrons. The molecular formula is C24H30ClN3O2. The molecule has 2 aliphatic heterocycles. The molecule has 0 bridgehead atoms. The number of rotatable bonds is 5.